The van der Waals surface area contributed by atoms with Crippen molar-refractivity contribution < 1.29 is 14.2 Å². The lowest BCUT2D eigenvalue weighted by molar-refractivity contribution is 0.171. The van der Waals surface area contributed by atoms with Gasteiger partial charge in [0, 0.05) is 5.56 Å². The van der Waals surface area contributed by atoms with Gasteiger partial charge in [-0.1, -0.05) is 23.8 Å². The van der Waals surface area contributed by atoms with Crippen LogP contribution in [-0.2, 0) is 0 Å². The van der Waals surface area contributed by atoms with E-state index in [1.165, 1.54) is 0 Å². The van der Waals surface area contributed by atoms with E-state index in [-0.39, 0.29) is 6.04 Å². The van der Waals surface area contributed by atoms with E-state index in [2.05, 4.69) is 6.07 Å². The van der Waals surface area contributed by atoms with Gasteiger partial charge in [-0.25, -0.2) is 0 Å². The first-order valence-corrected chi connectivity index (χ1v) is 6.98. The second-order valence-corrected chi connectivity index (χ2v) is 5.13. The van der Waals surface area contributed by atoms with Gasteiger partial charge in [0.15, 0.2) is 11.5 Å². The number of methoxy groups -OCH3 is 1. The van der Waals surface area contributed by atoms with Gasteiger partial charge < -0.3 is 19.9 Å². The summed E-state index contributed by atoms with van der Waals surface area (Å²) >= 11 is 0. The van der Waals surface area contributed by atoms with Crippen LogP contribution in [0.1, 0.15) is 22.7 Å². The minimum atomic E-state index is -0.268. The van der Waals surface area contributed by atoms with Crippen LogP contribution in [0.25, 0.3) is 0 Å². The van der Waals surface area contributed by atoms with E-state index >= 15 is 0 Å². The van der Waals surface area contributed by atoms with Crippen molar-refractivity contribution in [3.8, 4) is 17.2 Å². The Morgan fingerprint density at radius 2 is 1.81 bits per heavy atom. The van der Waals surface area contributed by atoms with Crippen molar-refractivity contribution in [3.63, 3.8) is 0 Å². The van der Waals surface area contributed by atoms with Crippen molar-refractivity contribution in [1.29, 1.82) is 0 Å². The number of aryl methyl sites for hydroxylation is 1. The molecule has 1 heterocycles. The highest BCUT2D eigenvalue weighted by Crippen LogP contribution is 2.35. The zero-order valence-electron chi connectivity index (χ0n) is 12.3. The van der Waals surface area contributed by atoms with E-state index in [4.69, 9.17) is 19.9 Å². The summed E-state index contributed by atoms with van der Waals surface area (Å²) in [6, 6.07) is 11.6. The van der Waals surface area contributed by atoms with Crippen molar-refractivity contribution in [2.45, 2.75) is 13.0 Å². The van der Waals surface area contributed by atoms with Crippen LogP contribution in [0.15, 0.2) is 36.4 Å². The fourth-order valence-corrected chi connectivity index (χ4v) is 2.53. The van der Waals surface area contributed by atoms with Gasteiger partial charge in [-0.2, -0.15) is 0 Å². The van der Waals surface area contributed by atoms with Crippen LogP contribution in [0.2, 0.25) is 0 Å². The lowest BCUT2D eigenvalue weighted by atomic mass is 9.97. The van der Waals surface area contributed by atoms with Gasteiger partial charge in [-0.05, 0) is 30.7 Å². The maximum atomic E-state index is 6.42. The molecule has 0 aromatic heterocycles. The minimum Gasteiger partial charge on any atom is -0.496 e. The molecule has 0 saturated carbocycles. The molecule has 1 aliphatic rings. The smallest absolute Gasteiger partial charge is 0.161 e. The average Bonchev–Trinajstić information content (AvgIpc) is 2.53. The number of benzene rings is 2. The van der Waals surface area contributed by atoms with Gasteiger partial charge in [0.05, 0.1) is 13.2 Å². The predicted octanol–water partition coefficient (Wildman–Crippen LogP) is 2.82. The Morgan fingerprint density at radius 1 is 1.05 bits per heavy atom. The molecular weight excluding hydrogens is 266 g/mol. The summed E-state index contributed by atoms with van der Waals surface area (Å²) in [5.74, 6) is 2.32. The first kappa shape index (κ1) is 13.8. The molecule has 0 fully saturated rings. The second-order valence-electron chi connectivity index (χ2n) is 5.13. The normalized spacial score (nSPS) is 14.6. The van der Waals surface area contributed by atoms with E-state index in [0.29, 0.717) is 13.2 Å². The summed E-state index contributed by atoms with van der Waals surface area (Å²) < 4.78 is 16.6. The molecule has 110 valence electrons. The van der Waals surface area contributed by atoms with Gasteiger partial charge in [0.25, 0.3) is 0 Å². The Morgan fingerprint density at radius 3 is 2.57 bits per heavy atom. The van der Waals surface area contributed by atoms with Gasteiger partial charge in [0.1, 0.15) is 19.0 Å². The first-order valence-electron chi connectivity index (χ1n) is 6.98. The van der Waals surface area contributed by atoms with Crippen LogP contribution < -0.4 is 19.9 Å². The molecule has 1 atom stereocenters. The van der Waals surface area contributed by atoms with Crippen molar-refractivity contribution in [2.75, 3.05) is 20.3 Å². The zero-order valence-corrected chi connectivity index (χ0v) is 12.3. The lowest BCUT2D eigenvalue weighted by Gasteiger charge is -2.21. The van der Waals surface area contributed by atoms with E-state index in [1.54, 1.807) is 7.11 Å². The molecule has 0 aliphatic carbocycles. The molecule has 2 aromatic rings. The topological polar surface area (TPSA) is 53.7 Å². The molecule has 21 heavy (non-hydrogen) atoms. The van der Waals surface area contributed by atoms with Crippen molar-refractivity contribution >= 4 is 0 Å². The highest BCUT2D eigenvalue weighted by Gasteiger charge is 2.18. The average molecular weight is 285 g/mol. The zero-order chi connectivity index (χ0) is 14.8. The molecular formula is C17H19NO3. The van der Waals surface area contributed by atoms with Crippen LogP contribution >= 0.6 is 0 Å². The summed E-state index contributed by atoms with van der Waals surface area (Å²) in [7, 11) is 1.66. The molecule has 0 amide bonds. The molecule has 2 aromatic carbocycles. The van der Waals surface area contributed by atoms with Crippen LogP contribution in [0, 0.1) is 6.92 Å². The fourth-order valence-electron chi connectivity index (χ4n) is 2.53. The number of rotatable bonds is 3. The third kappa shape index (κ3) is 2.67. The SMILES string of the molecule is COc1ccc(C)cc1C(N)c1ccc2c(c1)OCCO2. The number of ether oxygens (including phenoxy) is 3. The molecule has 3 rings (SSSR count). The van der Waals surface area contributed by atoms with Crippen LogP contribution in [-0.4, -0.2) is 20.3 Å². The quantitative estimate of drug-likeness (QED) is 0.942. The lowest BCUT2D eigenvalue weighted by Crippen LogP contribution is -2.17. The summed E-state index contributed by atoms with van der Waals surface area (Å²) in [6.07, 6.45) is 0. The maximum Gasteiger partial charge on any atom is 0.161 e. The third-order valence-electron chi connectivity index (χ3n) is 3.65. The van der Waals surface area contributed by atoms with Gasteiger partial charge >= 0.3 is 0 Å². The summed E-state index contributed by atoms with van der Waals surface area (Å²) in [6.45, 7) is 3.20. The minimum absolute atomic E-state index is 0.268. The Hall–Kier alpha value is -2.20. The van der Waals surface area contributed by atoms with E-state index in [9.17, 15) is 0 Å². The summed E-state index contributed by atoms with van der Waals surface area (Å²) in [5.41, 5.74) is 9.51. The highest BCUT2D eigenvalue weighted by atomic mass is 16.6. The van der Waals surface area contributed by atoms with Crippen LogP contribution in [0.3, 0.4) is 0 Å². The first-order chi connectivity index (χ1) is 10.2. The number of hydrogen-bond acceptors (Lipinski definition) is 4. The van der Waals surface area contributed by atoms with Crippen molar-refractivity contribution in [2.24, 2.45) is 5.73 Å². The molecule has 1 unspecified atom stereocenters. The molecule has 0 spiro atoms. The van der Waals surface area contributed by atoms with E-state index in [1.807, 2.05) is 37.3 Å². The van der Waals surface area contributed by atoms with Crippen molar-refractivity contribution in [1.82, 2.24) is 0 Å². The van der Waals surface area contributed by atoms with Crippen LogP contribution in [0.4, 0.5) is 0 Å². The molecule has 2 N–H and O–H groups in total. The van der Waals surface area contributed by atoms with E-state index in [0.717, 1.165) is 33.9 Å². The number of hydrogen-bond donors (Lipinski definition) is 1. The largest absolute Gasteiger partial charge is 0.496 e. The fraction of sp³-hybridized carbons (Fsp3) is 0.294. The highest BCUT2D eigenvalue weighted by molar-refractivity contribution is 5.49. The molecule has 0 bridgehead atoms. The van der Waals surface area contributed by atoms with Gasteiger partial charge in [0.2, 0.25) is 0 Å². The predicted molar refractivity (Wildman–Crippen MR) is 81.2 cm³/mol. The summed E-state index contributed by atoms with van der Waals surface area (Å²) in [4.78, 5) is 0. The third-order valence-corrected chi connectivity index (χ3v) is 3.65. The molecule has 1 aliphatic heterocycles. The van der Waals surface area contributed by atoms with Crippen LogP contribution in [0.5, 0.6) is 17.2 Å². The van der Waals surface area contributed by atoms with E-state index < -0.39 is 0 Å². The number of fused-ring (bicyclic) bond motifs is 1. The molecule has 0 saturated heterocycles. The molecule has 0 radical (unpaired) electrons. The molecule has 4 nitrogen and oxygen atoms in total. The Kier molecular flexibility index (Phi) is 3.71. The molecule has 4 heteroatoms. The Labute approximate surface area is 124 Å². The van der Waals surface area contributed by atoms with Gasteiger partial charge in [-0.3, -0.25) is 0 Å². The maximum absolute atomic E-state index is 6.42. The Bertz CT molecular complexity index is 654. The van der Waals surface area contributed by atoms with Gasteiger partial charge in [-0.15, -0.1) is 0 Å². The Balaban J connectivity index is 1.98. The van der Waals surface area contributed by atoms with Crippen molar-refractivity contribution in [3.05, 3.63) is 53.1 Å². The summed E-state index contributed by atoms with van der Waals surface area (Å²) in [5, 5.41) is 0. The standard InChI is InChI=1S/C17H19NO3/c1-11-3-5-14(19-2)13(9-11)17(18)12-4-6-15-16(10-12)21-8-7-20-15/h3-6,9-10,17H,7-8,18H2,1-2H3. The monoisotopic (exact) mass is 285 g/mol. The second kappa shape index (κ2) is 5.66. The number of nitrogens with two attached hydrogens (primary N) is 1.